The Morgan fingerprint density at radius 1 is 1.27 bits per heavy atom. The first-order valence-electron chi connectivity index (χ1n) is 7.24. The van der Waals surface area contributed by atoms with Gasteiger partial charge in [0.05, 0.1) is 5.71 Å². The number of hydrogen-bond donors (Lipinski definition) is 2. The van der Waals surface area contributed by atoms with Crippen molar-refractivity contribution in [2.24, 2.45) is 10.2 Å². The fourth-order valence-corrected chi connectivity index (χ4v) is 2.44. The number of carboxylic acid groups (broad SMARTS) is 1. The quantitative estimate of drug-likeness (QED) is 0.730. The minimum atomic E-state index is -0.756. The van der Waals surface area contributed by atoms with Crippen molar-refractivity contribution in [3.63, 3.8) is 0 Å². The number of amides is 1. The Balaban J connectivity index is 2.29. The van der Waals surface area contributed by atoms with E-state index in [-0.39, 0.29) is 6.42 Å². The van der Waals surface area contributed by atoms with Gasteiger partial charge >= 0.3 is 12.1 Å². The highest BCUT2D eigenvalue weighted by Gasteiger charge is 2.19. The molecule has 0 aliphatic carbocycles. The summed E-state index contributed by atoms with van der Waals surface area (Å²) in [4.78, 5) is 22.0. The number of ether oxygens (including phenoxy) is 1. The average molecular weight is 329 g/mol. The predicted octanol–water partition coefficient (Wildman–Crippen LogP) is 3.01. The molecule has 1 aliphatic rings. The molecule has 0 fully saturated rings. The summed E-state index contributed by atoms with van der Waals surface area (Å²) < 4.78 is 5.14. The molecule has 1 amide bonds. The van der Waals surface area contributed by atoms with Crippen molar-refractivity contribution in [2.45, 2.75) is 58.5 Å². The Bertz CT molecular complexity index is 469. The van der Waals surface area contributed by atoms with Crippen molar-refractivity contribution < 1.29 is 19.4 Å². The summed E-state index contributed by atoms with van der Waals surface area (Å²) in [5, 5.41) is 19.6. The van der Waals surface area contributed by atoms with Gasteiger partial charge in [-0.05, 0) is 40.0 Å². The molecule has 0 aromatic heterocycles. The summed E-state index contributed by atoms with van der Waals surface area (Å²) in [6, 6.07) is 0. The number of carbonyl (C=O) groups excluding carboxylic acids is 1. The Labute approximate surface area is 134 Å². The molecule has 0 saturated heterocycles. The van der Waals surface area contributed by atoms with E-state index in [1.165, 1.54) is 11.8 Å². The number of nitrogens with zero attached hydrogens (tertiary/aromatic N) is 2. The molecule has 0 radical (unpaired) electrons. The topological polar surface area (TPSA) is 100 Å². The number of thioether (sulfide) groups is 1. The molecule has 0 atom stereocenters. The number of alkyl carbamates (subject to hydrolysis) is 1. The van der Waals surface area contributed by atoms with Crippen LogP contribution in [0.3, 0.4) is 0 Å². The molecule has 0 bridgehead atoms. The lowest BCUT2D eigenvalue weighted by Gasteiger charge is -2.20. The normalized spacial score (nSPS) is 14.9. The van der Waals surface area contributed by atoms with Gasteiger partial charge in [-0.25, -0.2) is 4.79 Å². The smallest absolute Gasteiger partial charge is 0.413 e. The van der Waals surface area contributed by atoms with E-state index in [1.54, 1.807) is 20.8 Å². The van der Waals surface area contributed by atoms with Gasteiger partial charge in [-0.1, -0.05) is 18.2 Å². The van der Waals surface area contributed by atoms with Gasteiger partial charge in [0.1, 0.15) is 5.60 Å². The fraction of sp³-hybridized carbons (Fsp3) is 0.714. The second kappa shape index (κ2) is 8.77. The molecule has 8 heteroatoms. The van der Waals surface area contributed by atoms with E-state index in [0.29, 0.717) is 17.3 Å². The number of carboxylic acids is 1. The minimum absolute atomic E-state index is 0.212. The Hall–Kier alpha value is -1.57. The molecule has 1 aliphatic heterocycles. The Kier molecular flexibility index (Phi) is 7.37. The second-order valence-corrected chi connectivity index (χ2v) is 6.91. The van der Waals surface area contributed by atoms with Crippen LogP contribution in [0.2, 0.25) is 0 Å². The molecule has 124 valence electrons. The number of unbranched alkanes of at least 4 members (excludes halogenated alkanes) is 2. The average Bonchev–Trinajstić information content (AvgIpc) is 2.37. The van der Waals surface area contributed by atoms with Gasteiger partial charge in [-0.2, -0.15) is 5.10 Å². The summed E-state index contributed by atoms with van der Waals surface area (Å²) >= 11 is 1.41. The van der Waals surface area contributed by atoms with Crippen LogP contribution < -0.4 is 5.32 Å². The number of carbonyl (C=O) groups is 2. The van der Waals surface area contributed by atoms with Crippen molar-refractivity contribution in [3.05, 3.63) is 0 Å². The van der Waals surface area contributed by atoms with Crippen LogP contribution in [0, 0.1) is 0 Å². The zero-order chi connectivity index (χ0) is 16.6. The van der Waals surface area contributed by atoms with Crippen LogP contribution in [-0.2, 0) is 9.53 Å². The molecule has 1 heterocycles. The van der Waals surface area contributed by atoms with Crippen LogP contribution in [-0.4, -0.2) is 39.4 Å². The highest BCUT2D eigenvalue weighted by molar-refractivity contribution is 8.14. The Morgan fingerprint density at radius 3 is 2.55 bits per heavy atom. The van der Waals surface area contributed by atoms with E-state index in [0.717, 1.165) is 25.0 Å². The largest absolute Gasteiger partial charge is 0.481 e. The minimum Gasteiger partial charge on any atom is -0.481 e. The lowest BCUT2D eigenvalue weighted by Crippen LogP contribution is -2.36. The van der Waals surface area contributed by atoms with Crippen molar-refractivity contribution in [1.82, 2.24) is 5.32 Å². The van der Waals surface area contributed by atoms with E-state index in [4.69, 9.17) is 9.84 Å². The number of hydrogen-bond acceptors (Lipinski definition) is 6. The first-order valence-corrected chi connectivity index (χ1v) is 8.23. The first kappa shape index (κ1) is 18.5. The van der Waals surface area contributed by atoms with E-state index in [2.05, 4.69) is 15.5 Å². The summed E-state index contributed by atoms with van der Waals surface area (Å²) in [6.07, 6.45) is 2.93. The summed E-state index contributed by atoms with van der Waals surface area (Å²) in [7, 11) is 0. The van der Waals surface area contributed by atoms with E-state index in [9.17, 15) is 9.59 Å². The summed E-state index contributed by atoms with van der Waals surface area (Å²) in [5.74, 6) is -0.0823. The third kappa shape index (κ3) is 8.66. The third-order valence-electron chi connectivity index (χ3n) is 2.62. The number of nitrogens with one attached hydrogen (secondary N) is 1. The molecule has 0 saturated carbocycles. The van der Waals surface area contributed by atoms with Crippen molar-refractivity contribution >= 4 is 34.7 Å². The van der Waals surface area contributed by atoms with Crippen molar-refractivity contribution in [1.29, 1.82) is 0 Å². The maximum Gasteiger partial charge on any atom is 0.413 e. The summed E-state index contributed by atoms with van der Waals surface area (Å²) in [6.45, 7) is 5.38. The van der Waals surface area contributed by atoms with E-state index >= 15 is 0 Å². The Morgan fingerprint density at radius 2 is 2.00 bits per heavy atom. The molecule has 7 nitrogen and oxygen atoms in total. The lowest BCUT2D eigenvalue weighted by molar-refractivity contribution is -0.137. The van der Waals surface area contributed by atoms with Gasteiger partial charge in [0.25, 0.3) is 0 Å². The molecule has 22 heavy (non-hydrogen) atoms. The SMILES string of the molecule is CC(C)(C)OC(=O)NC1=NN=C(CCCCCC(=O)O)CS1. The molecular formula is C14H23N3O4S. The molecule has 0 unspecified atom stereocenters. The summed E-state index contributed by atoms with van der Waals surface area (Å²) in [5.41, 5.74) is 0.406. The van der Waals surface area contributed by atoms with Crippen LogP contribution in [0.15, 0.2) is 10.2 Å². The number of amidine groups is 1. The van der Waals surface area contributed by atoms with Gasteiger partial charge in [0, 0.05) is 12.2 Å². The molecule has 0 aromatic rings. The zero-order valence-electron chi connectivity index (χ0n) is 13.2. The standard InChI is InChI=1S/C14H23N3O4S/c1-14(2,3)21-13(20)15-12-17-16-10(9-22-12)7-5-4-6-8-11(18)19/h4-9H2,1-3H3,(H,18,19)(H,15,17,20). The maximum absolute atomic E-state index is 11.6. The monoisotopic (exact) mass is 329 g/mol. The van der Waals surface area contributed by atoms with Crippen LogP contribution in [0.1, 0.15) is 52.9 Å². The van der Waals surface area contributed by atoms with Crippen LogP contribution >= 0.6 is 11.8 Å². The molecule has 0 aromatic carbocycles. The lowest BCUT2D eigenvalue weighted by atomic mass is 10.1. The fourth-order valence-electron chi connectivity index (χ4n) is 1.68. The van der Waals surface area contributed by atoms with Crippen LogP contribution in [0.5, 0.6) is 0 Å². The maximum atomic E-state index is 11.6. The van der Waals surface area contributed by atoms with Gasteiger partial charge in [0.2, 0.25) is 0 Å². The van der Waals surface area contributed by atoms with E-state index in [1.807, 2.05) is 0 Å². The van der Waals surface area contributed by atoms with Gasteiger partial charge in [-0.3, -0.25) is 10.1 Å². The van der Waals surface area contributed by atoms with Crippen LogP contribution in [0.25, 0.3) is 0 Å². The van der Waals surface area contributed by atoms with Crippen molar-refractivity contribution in [2.75, 3.05) is 5.75 Å². The van der Waals surface area contributed by atoms with Gasteiger partial charge < -0.3 is 9.84 Å². The zero-order valence-corrected chi connectivity index (χ0v) is 14.0. The second-order valence-electron chi connectivity index (χ2n) is 5.94. The van der Waals surface area contributed by atoms with Crippen LogP contribution in [0.4, 0.5) is 4.79 Å². The highest BCUT2D eigenvalue weighted by Crippen LogP contribution is 2.15. The van der Waals surface area contributed by atoms with Gasteiger partial charge in [-0.15, -0.1) is 5.10 Å². The van der Waals surface area contributed by atoms with E-state index < -0.39 is 17.7 Å². The third-order valence-corrected chi connectivity index (χ3v) is 3.56. The first-order chi connectivity index (χ1) is 10.3. The molecule has 1 rings (SSSR count). The highest BCUT2D eigenvalue weighted by atomic mass is 32.2. The molecule has 0 spiro atoms. The molecular weight excluding hydrogens is 306 g/mol. The van der Waals surface area contributed by atoms with Crippen molar-refractivity contribution in [3.8, 4) is 0 Å². The predicted molar refractivity (Wildman–Crippen MR) is 87.4 cm³/mol. The molecule has 2 N–H and O–H groups in total. The number of aliphatic carboxylic acids is 1. The van der Waals surface area contributed by atoms with Gasteiger partial charge in [0.15, 0.2) is 5.17 Å². The number of rotatable bonds is 6.